The average molecular weight is 429 g/mol. The van der Waals surface area contributed by atoms with Gasteiger partial charge in [0.25, 0.3) is 0 Å². The molecule has 96 valence electrons. The van der Waals surface area contributed by atoms with E-state index in [0.717, 1.165) is 25.8 Å². The van der Waals surface area contributed by atoms with Gasteiger partial charge in [-0.15, -0.1) is 13.0 Å². The van der Waals surface area contributed by atoms with Gasteiger partial charge in [-0.3, -0.25) is 4.39 Å². The molecule has 4 atom stereocenters. The van der Waals surface area contributed by atoms with E-state index < -0.39 is 12.3 Å². The Morgan fingerprint density at radius 3 is 2.56 bits per heavy atom. The summed E-state index contributed by atoms with van der Waals surface area (Å²) >= 11 is 1.47. The summed E-state index contributed by atoms with van der Waals surface area (Å²) in [5, 5.41) is 4.43. The molecule has 0 spiro atoms. The van der Waals surface area contributed by atoms with Gasteiger partial charge in [0, 0.05) is 6.42 Å². The van der Waals surface area contributed by atoms with Crippen molar-refractivity contribution in [3.63, 3.8) is 0 Å². The summed E-state index contributed by atoms with van der Waals surface area (Å²) in [4.78, 5) is 0. The standard InChI is InChI=1S/C11H17F2N.ClH.Ir/c12-8-4-5-9(10(13)7-8)11-3-1-2-6-14-11;;/h5,8-11H,1-4,6-7H2;1H;/q-2;;+3/p-1. The van der Waals surface area contributed by atoms with Gasteiger partial charge < -0.3 is 11.7 Å². The molecule has 5 heteroatoms. The van der Waals surface area contributed by atoms with Gasteiger partial charge in [-0.05, 0) is 0 Å². The first kappa shape index (κ1) is 14.8. The molecule has 1 aliphatic carbocycles. The summed E-state index contributed by atoms with van der Waals surface area (Å²) in [5.74, 6) is -0.109. The van der Waals surface area contributed by atoms with Crippen molar-refractivity contribution in [2.24, 2.45) is 5.92 Å². The molecule has 2 rings (SSSR count). The van der Waals surface area contributed by atoms with Crippen molar-refractivity contribution >= 4 is 9.58 Å². The second kappa shape index (κ2) is 7.97. The van der Waals surface area contributed by atoms with Gasteiger partial charge in [0.15, 0.2) is 0 Å². The van der Waals surface area contributed by atoms with Crippen molar-refractivity contribution in [1.29, 1.82) is 0 Å². The molecule has 2 fully saturated rings. The first-order valence-corrected chi connectivity index (χ1v) is 8.65. The Hall–Kier alpha value is 0.759. The van der Waals surface area contributed by atoms with E-state index in [1.54, 1.807) is 0 Å². The van der Waals surface area contributed by atoms with Crippen LogP contribution in [0.4, 0.5) is 8.78 Å². The van der Waals surface area contributed by atoms with E-state index in [1.807, 2.05) is 6.42 Å². The van der Waals surface area contributed by atoms with Crippen LogP contribution in [0.5, 0.6) is 0 Å². The Kier molecular flexibility index (Phi) is 7.38. The number of hydrogen-bond donors (Lipinski definition) is 0. The third-order valence-electron chi connectivity index (χ3n) is 3.28. The van der Waals surface area contributed by atoms with E-state index in [9.17, 15) is 8.78 Å². The van der Waals surface area contributed by atoms with Crippen LogP contribution in [-0.2, 0) is 17.9 Å². The van der Waals surface area contributed by atoms with Crippen LogP contribution in [0.15, 0.2) is 0 Å². The van der Waals surface area contributed by atoms with E-state index in [0.29, 0.717) is 6.42 Å². The molecule has 0 amide bonds. The zero-order valence-corrected chi connectivity index (χ0v) is 12.2. The van der Waals surface area contributed by atoms with Crippen LogP contribution >= 0.6 is 9.58 Å². The van der Waals surface area contributed by atoms with Gasteiger partial charge in [-0.1, -0.05) is 19.3 Å². The third-order valence-corrected chi connectivity index (χ3v) is 3.28. The molecular weight excluding hydrogens is 412 g/mol. The molecule has 2 aliphatic rings. The Balaban J connectivity index is 0.000000606. The van der Waals surface area contributed by atoms with E-state index in [4.69, 9.17) is 0 Å². The number of piperidine rings is 1. The van der Waals surface area contributed by atoms with Gasteiger partial charge in [-0.2, -0.15) is 12.0 Å². The van der Waals surface area contributed by atoms with Gasteiger partial charge in [0.05, 0.1) is 12.3 Å². The first-order valence-electron chi connectivity index (χ1n) is 5.68. The molecule has 0 aromatic heterocycles. The Morgan fingerprint density at radius 1 is 1.25 bits per heavy atom. The van der Waals surface area contributed by atoms with Crippen molar-refractivity contribution in [1.82, 2.24) is 0 Å². The maximum absolute atomic E-state index is 13.6. The zero-order valence-electron chi connectivity index (χ0n) is 9.04. The average Bonchev–Trinajstić information content (AvgIpc) is 2.33. The molecular formula is C11H17ClF2IrN. The quantitative estimate of drug-likeness (QED) is 0.563. The van der Waals surface area contributed by atoms with E-state index >= 15 is 0 Å². The minimum atomic E-state index is -1.01. The second-order valence-corrected chi connectivity index (χ2v) is 4.37. The number of halogens is 3. The Labute approximate surface area is 111 Å². The maximum atomic E-state index is 13.6. The third kappa shape index (κ3) is 4.21. The molecule has 1 nitrogen and oxygen atoms in total. The van der Waals surface area contributed by atoms with Gasteiger partial charge >= 0.3 is 27.5 Å². The summed E-state index contributed by atoms with van der Waals surface area (Å²) in [7, 11) is 4.64. The van der Waals surface area contributed by atoms with Crippen LogP contribution in [0, 0.1) is 12.3 Å². The normalized spacial score (nSPS) is 39.8. The topological polar surface area (TPSA) is 14.1 Å². The predicted molar refractivity (Wildman–Crippen MR) is 58.5 cm³/mol. The zero-order chi connectivity index (χ0) is 12.0. The van der Waals surface area contributed by atoms with Crippen LogP contribution in [0.3, 0.4) is 0 Å². The predicted octanol–water partition coefficient (Wildman–Crippen LogP) is 3.89. The van der Waals surface area contributed by atoms with Crippen molar-refractivity contribution < 1.29 is 26.7 Å². The molecule has 4 unspecified atom stereocenters. The van der Waals surface area contributed by atoms with Crippen molar-refractivity contribution in [3.8, 4) is 0 Å². The van der Waals surface area contributed by atoms with Crippen molar-refractivity contribution in [3.05, 3.63) is 11.7 Å². The van der Waals surface area contributed by atoms with Crippen molar-refractivity contribution in [2.75, 3.05) is 6.54 Å². The number of nitrogens with zero attached hydrogens (tertiary/aromatic N) is 1. The molecule has 0 aromatic carbocycles. The van der Waals surface area contributed by atoms with Crippen LogP contribution in [0.1, 0.15) is 32.1 Å². The fraction of sp³-hybridized carbons (Fsp3) is 0.909. The number of alkyl halides is 2. The fourth-order valence-corrected chi connectivity index (χ4v) is 2.48. The summed E-state index contributed by atoms with van der Waals surface area (Å²) in [6.45, 7) is 0.862. The summed E-state index contributed by atoms with van der Waals surface area (Å²) in [6.07, 6.45) is 3.59. The molecule has 0 bridgehead atoms. The molecule has 16 heavy (non-hydrogen) atoms. The Bertz CT molecular complexity index is 191. The van der Waals surface area contributed by atoms with Gasteiger partial charge in [-0.25, -0.2) is 4.39 Å². The van der Waals surface area contributed by atoms with E-state index in [-0.39, 0.29) is 18.4 Å². The van der Waals surface area contributed by atoms with E-state index in [2.05, 4.69) is 14.9 Å². The van der Waals surface area contributed by atoms with Crippen LogP contribution in [0.25, 0.3) is 5.32 Å². The van der Waals surface area contributed by atoms with Crippen LogP contribution in [-0.4, -0.2) is 24.9 Å². The van der Waals surface area contributed by atoms with Crippen molar-refractivity contribution in [2.45, 2.75) is 50.5 Å². The molecule has 0 aromatic rings. The molecule has 1 saturated carbocycles. The summed E-state index contributed by atoms with van der Waals surface area (Å²) in [6, 6.07) is 0.131. The first-order chi connectivity index (χ1) is 7.77. The molecule has 1 heterocycles. The van der Waals surface area contributed by atoms with Gasteiger partial charge in [0.1, 0.15) is 0 Å². The summed E-state index contributed by atoms with van der Waals surface area (Å²) < 4.78 is 26.4. The molecule has 0 N–H and O–H groups in total. The monoisotopic (exact) mass is 429 g/mol. The fourth-order valence-electron chi connectivity index (χ4n) is 2.48. The van der Waals surface area contributed by atoms with Crippen LogP contribution < -0.4 is 0 Å². The number of hydrogen-bond acceptors (Lipinski definition) is 0. The Morgan fingerprint density at radius 2 is 2.00 bits per heavy atom. The SMILES string of the molecule is FC1C[CH-]C(C2CCCC[N-]2)C(F)C1.[Cl][Ir+2]. The second-order valence-electron chi connectivity index (χ2n) is 4.37. The molecule has 1 aliphatic heterocycles. The van der Waals surface area contributed by atoms with E-state index in [1.165, 1.54) is 17.9 Å². The number of rotatable bonds is 1. The summed E-state index contributed by atoms with van der Waals surface area (Å²) in [5.41, 5.74) is 0. The molecule has 0 radical (unpaired) electrons. The van der Waals surface area contributed by atoms with Crippen LogP contribution in [0.2, 0.25) is 0 Å². The molecule has 1 saturated heterocycles. The van der Waals surface area contributed by atoms with Gasteiger partial charge in [0.2, 0.25) is 0 Å². The minimum absolute atomic E-state index is 0.0766.